The molecule has 0 saturated carbocycles. The summed E-state index contributed by atoms with van der Waals surface area (Å²) in [4.78, 5) is 16.6. The van der Waals surface area contributed by atoms with Crippen LogP contribution in [0.3, 0.4) is 0 Å². The van der Waals surface area contributed by atoms with Gasteiger partial charge in [-0.2, -0.15) is 0 Å². The third-order valence-corrected chi connectivity index (χ3v) is 3.67. The van der Waals surface area contributed by atoms with Gasteiger partial charge in [0.25, 0.3) is 0 Å². The van der Waals surface area contributed by atoms with Crippen molar-refractivity contribution in [2.75, 3.05) is 53.0 Å². The van der Waals surface area contributed by atoms with Crippen molar-refractivity contribution >= 4 is 5.91 Å². The van der Waals surface area contributed by atoms with Crippen molar-refractivity contribution in [2.45, 2.75) is 39.2 Å². The largest absolute Gasteiger partial charge is 0.383 e. The summed E-state index contributed by atoms with van der Waals surface area (Å²) < 4.78 is 5.12. The van der Waals surface area contributed by atoms with E-state index in [2.05, 4.69) is 24.1 Å². The Hall–Kier alpha value is -0.650. The van der Waals surface area contributed by atoms with E-state index in [1.165, 1.54) is 0 Å². The first-order valence-corrected chi connectivity index (χ1v) is 7.86. The lowest BCUT2D eigenvalue weighted by Gasteiger charge is -2.22. The van der Waals surface area contributed by atoms with E-state index in [4.69, 9.17) is 4.74 Å². The number of amides is 1. The fourth-order valence-electron chi connectivity index (χ4n) is 2.45. The van der Waals surface area contributed by atoms with Gasteiger partial charge in [-0.1, -0.05) is 13.8 Å². The molecule has 0 radical (unpaired) electrons. The van der Waals surface area contributed by atoms with Crippen molar-refractivity contribution in [3.63, 3.8) is 0 Å². The van der Waals surface area contributed by atoms with E-state index in [0.717, 1.165) is 58.7 Å². The summed E-state index contributed by atoms with van der Waals surface area (Å²) in [5, 5.41) is 3.35. The first-order valence-electron chi connectivity index (χ1n) is 7.86. The van der Waals surface area contributed by atoms with Crippen LogP contribution in [0, 0.1) is 0 Å². The molecule has 0 bridgehead atoms. The van der Waals surface area contributed by atoms with Gasteiger partial charge in [0.15, 0.2) is 0 Å². The number of methoxy groups -OCH3 is 1. The quantitative estimate of drug-likeness (QED) is 0.674. The second-order valence-electron chi connectivity index (χ2n) is 5.78. The summed E-state index contributed by atoms with van der Waals surface area (Å²) in [5.74, 6) is 0.309. The van der Waals surface area contributed by atoms with Gasteiger partial charge in [0.05, 0.1) is 6.61 Å². The lowest BCUT2D eigenvalue weighted by atomic mass is 10.2. The molecule has 0 aliphatic carbocycles. The van der Waals surface area contributed by atoms with Crippen LogP contribution in [-0.2, 0) is 9.53 Å². The van der Waals surface area contributed by atoms with Crippen LogP contribution in [-0.4, -0.2) is 74.7 Å². The normalized spacial score (nSPS) is 17.5. The Kier molecular flexibility index (Phi) is 8.82. The van der Waals surface area contributed by atoms with Gasteiger partial charge in [0.1, 0.15) is 0 Å². The maximum atomic E-state index is 12.2. The van der Waals surface area contributed by atoms with Crippen LogP contribution in [0.1, 0.15) is 33.1 Å². The van der Waals surface area contributed by atoms with Crippen molar-refractivity contribution in [3.8, 4) is 0 Å². The van der Waals surface area contributed by atoms with E-state index < -0.39 is 0 Å². The van der Waals surface area contributed by atoms with Crippen molar-refractivity contribution in [1.82, 2.24) is 15.1 Å². The third kappa shape index (κ3) is 7.22. The van der Waals surface area contributed by atoms with Crippen LogP contribution in [0.4, 0.5) is 0 Å². The number of hydrogen-bond acceptors (Lipinski definition) is 4. The molecule has 1 saturated heterocycles. The first kappa shape index (κ1) is 17.4. The maximum absolute atomic E-state index is 12.2. The van der Waals surface area contributed by atoms with Gasteiger partial charge in [0.2, 0.25) is 5.91 Å². The van der Waals surface area contributed by atoms with Gasteiger partial charge in [-0.25, -0.2) is 0 Å². The van der Waals surface area contributed by atoms with Crippen molar-refractivity contribution in [1.29, 1.82) is 0 Å². The van der Waals surface area contributed by atoms with E-state index in [9.17, 15) is 4.79 Å². The zero-order chi connectivity index (χ0) is 14.8. The molecule has 1 N–H and O–H groups in total. The van der Waals surface area contributed by atoms with Gasteiger partial charge in [-0.15, -0.1) is 0 Å². The standard InChI is InChI=1S/C15H31N3O2/c1-14(2)16-7-4-6-15(19)18-9-5-8-17(10-11-18)12-13-20-3/h14,16H,4-13H2,1-3H3. The average molecular weight is 285 g/mol. The Balaban J connectivity index is 2.20. The van der Waals surface area contributed by atoms with Gasteiger partial charge in [0, 0.05) is 45.8 Å². The predicted molar refractivity (Wildman–Crippen MR) is 81.9 cm³/mol. The van der Waals surface area contributed by atoms with E-state index >= 15 is 0 Å². The smallest absolute Gasteiger partial charge is 0.222 e. The molecule has 0 aromatic heterocycles. The zero-order valence-electron chi connectivity index (χ0n) is 13.4. The minimum Gasteiger partial charge on any atom is -0.383 e. The molecule has 0 aromatic rings. The summed E-state index contributed by atoms with van der Waals surface area (Å²) in [6.45, 7) is 10.7. The second kappa shape index (κ2) is 10.1. The fourth-order valence-corrected chi connectivity index (χ4v) is 2.45. The van der Waals surface area contributed by atoms with Crippen LogP contribution in [0.5, 0.6) is 0 Å². The third-order valence-electron chi connectivity index (χ3n) is 3.67. The average Bonchev–Trinajstić information content (AvgIpc) is 2.66. The van der Waals surface area contributed by atoms with Crippen molar-refractivity contribution in [2.24, 2.45) is 0 Å². The minimum absolute atomic E-state index is 0.309. The molecular formula is C15H31N3O2. The van der Waals surface area contributed by atoms with Crippen LogP contribution in [0.25, 0.3) is 0 Å². The van der Waals surface area contributed by atoms with Crippen LogP contribution in [0.15, 0.2) is 0 Å². The Morgan fingerprint density at radius 3 is 2.75 bits per heavy atom. The Morgan fingerprint density at radius 2 is 2.05 bits per heavy atom. The first-order chi connectivity index (χ1) is 9.63. The molecule has 1 aliphatic rings. The van der Waals surface area contributed by atoms with Gasteiger partial charge < -0.3 is 15.0 Å². The molecule has 0 aromatic carbocycles. The number of nitrogens with one attached hydrogen (secondary N) is 1. The summed E-state index contributed by atoms with van der Waals surface area (Å²) in [6, 6.07) is 0.498. The maximum Gasteiger partial charge on any atom is 0.222 e. The van der Waals surface area contributed by atoms with Crippen LogP contribution < -0.4 is 5.32 Å². The van der Waals surface area contributed by atoms with E-state index in [1.54, 1.807) is 7.11 Å². The Bertz CT molecular complexity index is 272. The molecule has 5 heteroatoms. The van der Waals surface area contributed by atoms with Crippen LogP contribution >= 0.6 is 0 Å². The molecular weight excluding hydrogens is 254 g/mol. The second-order valence-corrected chi connectivity index (χ2v) is 5.78. The SMILES string of the molecule is COCCN1CCCN(C(=O)CCCNC(C)C)CC1. The Labute approximate surface area is 123 Å². The highest BCUT2D eigenvalue weighted by molar-refractivity contribution is 5.76. The monoisotopic (exact) mass is 285 g/mol. The minimum atomic E-state index is 0.309. The summed E-state index contributed by atoms with van der Waals surface area (Å²) in [5.41, 5.74) is 0. The lowest BCUT2D eigenvalue weighted by Crippen LogP contribution is -2.36. The molecule has 0 atom stereocenters. The van der Waals surface area contributed by atoms with E-state index in [0.29, 0.717) is 18.4 Å². The topological polar surface area (TPSA) is 44.8 Å². The molecule has 1 amide bonds. The number of carbonyl (C=O) groups is 1. The molecule has 118 valence electrons. The van der Waals surface area contributed by atoms with E-state index in [-0.39, 0.29) is 0 Å². The molecule has 1 aliphatic heterocycles. The van der Waals surface area contributed by atoms with Gasteiger partial charge in [-0.05, 0) is 25.9 Å². The zero-order valence-corrected chi connectivity index (χ0v) is 13.4. The number of nitrogens with zero attached hydrogens (tertiary/aromatic N) is 2. The predicted octanol–water partition coefficient (Wildman–Crippen LogP) is 0.945. The summed E-state index contributed by atoms with van der Waals surface area (Å²) in [6.07, 6.45) is 2.67. The highest BCUT2D eigenvalue weighted by Crippen LogP contribution is 2.06. The molecule has 1 heterocycles. The molecule has 5 nitrogen and oxygen atoms in total. The summed E-state index contributed by atoms with van der Waals surface area (Å²) in [7, 11) is 1.73. The number of rotatable bonds is 8. The number of hydrogen-bond donors (Lipinski definition) is 1. The number of ether oxygens (including phenoxy) is 1. The lowest BCUT2D eigenvalue weighted by molar-refractivity contribution is -0.131. The van der Waals surface area contributed by atoms with Crippen LogP contribution in [0.2, 0.25) is 0 Å². The van der Waals surface area contributed by atoms with Crippen molar-refractivity contribution in [3.05, 3.63) is 0 Å². The molecule has 0 spiro atoms. The molecule has 1 fully saturated rings. The fraction of sp³-hybridized carbons (Fsp3) is 0.933. The highest BCUT2D eigenvalue weighted by atomic mass is 16.5. The van der Waals surface area contributed by atoms with Gasteiger partial charge >= 0.3 is 0 Å². The number of carbonyl (C=O) groups excluding carboxylic acids is 1. The Morgan fingerprint density at radius 1 is 1.25 bits per heavy atom. The van der Waals surface area contributed by atoms with E-state index in [1.807, 2.05) is 4.90 Å². The highest BCUT2D eigenvalue weighted by Gasteiger charge is 2.18. The van der Waals surface area contributed by atoms with Crippen molar-refractivity contribution < 1.29 is 9.53 Å². The van der Waals surface area contributed by atoms with Gasteiger partial charge in [-0.3, -0.25) is 9.69 Å². The molecule has 0 unspecified atom stereocenters. The molecule has 1 rings (SSSR count). The molecule has 20 heavy (non-hydrogen) atoms. The summed E-state index contributed by atoms with van der Waals surface area (Å²) >= 11 is 0.